The van der Waals surface area contributed by atoms with Crippen LogP contribution in [0.3, 0.4) is 0 Å². The second-order valence-corrected chi connectivity index (χ2v) is 7.43. The number of hydrogen-bond donors (Lipinski definition) is 4. The normalized spacial score (nSPS) is 19.4. The number of imidazole rings is 1. The number of amides is 1. The Hall–Kier alpha value is -2.71. The summed E-state index contributed by atoms with van der Waals surface area (Å²) in [6.07, 6.45) is 2.36. The molecule has 0 saturated carbocycles. The summed E-state index contributed by atoms with van der Waals surface area (Å²) in [6.45, 7) is 4.70. The van der Waals surface area contributed by atoms with Gasteiger partial charge in [-0.25, -0.2) is 15.8 Å². The minimum absolute atomic E-state index is 0.0267. The first-order chi connectivity index (χ1) is 13.5. The molecule has 1 saturated heterocycles. The predicted octanol–water partition coefficient (Wildman–Crippen LogP) is 1.57. The smallest absolute Gasteiger partial charge is 0.238 e. The van der Waals surface area contributed by atoms with Gasteiger partial charge < -0.3 is 10.3 Å². The average molecular weight is 381 g/mol. The van der Waals surface area contributed by atoms with Crippen molar-refractivity contribution < 1.29 is 4.79 Å². The first-order valence-electron chi connectivity index (χ1n) is 9.75. The molecule has 8 heteroatoms. The third-order valence-electron chi connectivity index (χ3n) is 5.46. The van der Waals surface area contributed by atoms with E-state index >= 15 is 0 Å². The van der Waals surface area contributed by atoms with Crippen molar-refractivity contribution in [2.24, 2.45) is 7.05 Å². The first kappa shape index (κ1) is 18.6. The van der Waals surface area contributed by atoms with E-state index in [2.05, 4.69) is 38.2 Å². The van der Waals surface area contributed by atoms with Crippen molar-refractivity contribution in [1.82, 2.24) is 35.9 Å². The summed E-state index contributed by atoms with van der Waals surface area (Å²) in [5.41, 5.74) is 11.7. The summed E-state index contributed by atoms with van der Waals surface area (Å²) >= 11 is 0. The molecule has 0 bridgehead atoms. The van der Waals surface area contributed by atoms with Crippen molar-refractivity contribution in [1.29, 1.82) is 0 Å². The molecule has 2 atom stereocenters. The van der Waals surface area contributed by atoms with Gasteiger partial charge in [0.25, 0.3) is 0 Å². The lowest BCUT2D eigenvalue weighted by Crippen LogP contribution is -2.43. The number of nitrogens with one attached hydrogen (secondary N) is 4. The molecule has 3 aromatic rings. The molecule has 1 fully saturated rings. The average Bonchev–Trinajstić information content (AvgIpc) is 3.36. The van der Waals surface area contributed by atoms with Gasteiger partial charge >= 0.3 is 0 Å². The van der Waals surface area contributed by atoms with E-state index in [0.29, 0.717) is 13.0 Å². The number of hydrazine groups is 1. The molecule has 148 valence electrons. The highest BCUT2D eigenvalue weighted by Crippen LogP contribution is 2.27. The molecule has 8 nitrogen and oxygen atoms in total. The first-order valence-corrected chi connectivity index (χ1v) is 9.75. The summed E-state index contributed by atoms with van der Waals surface area (Å²) < 4.78 is 1.89. The second kappa shape index (κ2) is 7.73. The summed E-state index contributed by atoms with van der Waals surface area (Å²) in [7, 11) is 1.94. The molecule has 0 spiro atoms. The molecule has 28 heavy (non-hydrogen) atoms. The van der Waals surface area contributed by atoms with Crippen LogP contribution in [0.5, 0.6) is 0 Å². The third kappa shape index (κ3) is 3.65. The van der Waals surface area contributed by atoms with Crippen molar-refractivity contribution in [3.05, 3.63) is 47.0 Å². The number of carbonyl (C=O) groups excluding carboxylic acids is 1. The van der Waals surface area contributed by atoms with E-state index in [1.807, 2.05) is 42.9 Å². The van der Waals surface area contributed by atoms with Gasteiger partial charge in [0, 0.05) is 31.3 Å². The van der Waals surface area contributed by atoms with Gasteiger partial charge in [-0.05, 0) is 38.8 Å². The van der Waals surface area contributed by atoms with Crippen LogP contribution in [0.2, 0.25) is 0 Å². The molecule has 0 aliphatic carbocycles. The highest BCUT2D eigenvalue weighted by molar-refractivity contribution is 5.82. The molecule has 1 aromatic carbocycles. The number of hydrogen-bond acceptors (Lipinski definition) is 5. The van der Waals surface area contributed by atoms with Gasteiger partial charge in [-0.2, -0.15) is 5.10 Å². The quantitative estimate of drug-likeness (QED) is 0.486. The van der Waals surface area contributed by atoms with Crippen molar-refractivity contribution in [3.8, 4) is 0 Å². The number of rotatable bonds is 6. The van der Waals surface area contributed by atoms with E-state index in [0.717, 1.165) is 41.1 Å². The topological polar surface area (TPSA) is 99.7 Å². The fourth-order valence-corrected chi connectivity index (χ4v) is 3.93. The zero-order chi connectivity index (χ0) is 19.7. The van der Waals surface area contributed by atoms with E-state index in [4.69, 9.17) is 0 Å². The van der Waals surface area contributed by atoms with Crippen LogP contribution < -0.4 is 16.2 Å². The SMILES string of the molecule is Cc1nn(C)c(C)c1C1CC(C(=O)NCCCc2nc3ccccc3[nH]2)NN1. The molecule has 1 aliphatic heterocycles. The monoisotopic (exact) mass is 381 g/mol. The van der Waals surface area contributed by atoms with Crippen LogP contribution in [0.4, 0.5) is 0 Å². The summed E-state index contributed by atoms with van der Waals surface area (Å²) in [6, 6.07) is 7.86. The van der Waals surface area contributed by atoms with E-state index in [-0.39, 0.29) is 18.0 Å². The van der Waals surface area contributed by atoms with Gasteiger partial charge in [0.05, 0.1) is 22.8 Å². The minimum Gasteiger partial charge on any atom is -0.355 e. The number of benzene rings is 1. The summed E-state index contributed by atoms with van der Waals surface area (Å²) in [5, 5.41) is 7.50. The van der Waals surface area contributed by atoms with Crippen LogP contribution in [0, 0.1) is 13.8 Å². The van der Waals surface area contributed by atoms with E-state index in [9.17, 15) is 4.79 Å². The van der Waals surface area contributed by atoms with Crippen LogP contribution in [-0.4, -0.2) is 38.2 Å². The van der Waals surface area contributed by atoms with E-state index in [1.54, 1.807) is 0 Å². The molecule has 4 rings (SSSR count). The van der Waals surface area contributed by atoms with Gasteiger partial charge in [0.1, 0.15) is 11.9 Å². The van der Waals surface area contributed by atoms with Crippen molar-refractivity contribution >= 4 is 16.9 Å². The Labute approximate surface area is 164 Å². The number of aromatic amines is 1. The molecule has 1 amide bonds. The van der Waals surface area contributed by atoms with Crippen molar-refractivity contribution in [2.75, 3.05) is 6.54 Å². The Kier molecular flexibility index (Phi) is 5.15. The number of aryl methyl sites for hydroxylation is 3. The highest BCUT2D eigenvalue weighted by atomic mass is 16.2. The molecule has 0 radical (unpaired) electrons. The zero-order valence-electron chi connectivity index (χ0n) is 16.5. The Morgan fingerprint density at radius 3 is 2.86 bits per heavy atom. The largest absolute Gasteiger partial charge is 0.355 e. The Morgan fingerprint density at radius 2 is 2.11 bits per heavy atom. The van der Waals surface area contributed by atoms with Gasteiger partial charge in [-0.1, -0.05) is 12.1 Å². The van der Waals surface area contributed by atoms with E-state index < -0.39 is 0 Å². The van der Waals surface area contributed by atoms with Gasteiger partial charge in [0.2, 0.25) is 5.91 Å². The third-order valence-corrected chi connectivity index (χ3v) is 5.46. The Morgan fingerprint density at radius 1 is 1.29 bits per heavy atom. The molecule has 4 N–H and O–H groups in total. The van der Waals surface area contributed by atoms with Crippen LogP contribution in [0.1, 0.15) is 41.7 Å². The minimum atomic E-state index is -0.241. The van der Waals surface area contributed by atoms with Gasteiger partial charge in [0.15, 0.2) is 0 Å². The fourth-order valence-electron chi connectivity index (χ4n) is 3.93. The predicted molar refractivity (Wildman–Crippen MR) is 108 cm³/mol. The number of aromatic nitrogens is 4. The van der Waals surface area contributed by atoms with Crippen molar-refractivity contribution in [2.45, 2.75) is 45.2 Å². The standard InChI is InChI=1S/C20H27N7O/c1-12-19(13(2)27(3)26-12)16-11-17(25-24-16)20(28)21-10-6-9-18-22-14-7-4-5-8-15(14)23-18/h4-5,7-8,16-17,24-25H,6,9-11H2,1-3H3,(H,21,28)(H,22,23). The van der Waals surface area contributed by atoms with Crippen LogP contribution in [0.25, 0.3) is 11.0 Å². The van der Waals surface area contributed by atoms with E-state index in [1.165, 1.54) is 5.56 Å². The van der Waals surface area contributed by atoms with Gasteiger partial charge in [-0.15, -0.1) is 0 Å². The summed E-state index contributed by atoms with van der Waals surface area (Å²) in [4.78, 5) is 20.4. The molecule has 2 unspecified atom stereocenters. The number of nitrogens with zero attached hydrogens (tertiary/aromatic N) is 3. The maximum Gasteiger partial charge on any atom is 0.238 e. The highest BCUT2D eigenvalue weighted by Gasteiger charge is 2.32. The molecule has 3 heterocycles. The molecular weight excluding hydrogens is 354 g/mol. The van der Waals surface area contributed by atoms with Crippen molar-refractivity contribution in [3.63, 3.8) is 0 Å². The molecule has 2 aromatic heterocycles. The number of H-pyrrole nitrogens is 1. The number of para-hydroxylation sites is 2. The summed E-state index contributed by atoms with van der Waals surface area (Å²) in [5.74, 6) is 0.984. The lowest BCUT2D eigenvalue weighted by molar-refractivity contribution is -0.122. The molecule has 1 aliphatic rings. The Bertz CT molecular complexity index is 957. The zero-order valence-corrected chi connectivity index (χ0v) is 16.5. The maximum atomic E-state index is 12.5. The number of fused-ring (bicyclic) bond motifs is 1. The van der Waals surface area contributed by atoms with Crippen LogP contribution in [0.15, 0.2) is 24.3 Å². The maximum absolute atomic E-state index is 12.5. The second-order valence-electron chi connectivity index (χ2n) is 7.43. The molecular formula is C20H27N7O. The van der Waals surface area contributed by atoms with Crippen LogP contribution >= 0.6 is 0 Å². The Balaban J connectivity index is 1.25. The van der Waals surface area contributed by atoms with Gasteiger partial charge in [-0.3, -0.25) is 9.48 Å². The fraction of sp³-hybridized carbons (Fsp3) is 0.450. The lowest BCUT2D eigenvalue weighted by Gasteiger charge is -2.11. The number of carbonyl (C=O) groups is 1. The lowest BCUT2D eigenvalue weighted by atomic mass is 10.00. The van der Waals surface area contributed by atoms with Crippen LogP contribution in [-0.2, 0) is 18.3 Å².